The van der Waals surface area contributed by atoms with Crippen molar-refractivity contribution in [3.05, 3.63) is 52.0 Å². The molecule has 2 N–H and O–H groups in total. The van der Waals surface area contributed by atoms with E-state index in [0.717, 1.165) is 5.56 Å². The normalized spacial score (nSPS) is 11.3. The number of rotatable bonds is 5. The van der Waals surface area contributed by atoms with Gasteiger partial charge in [0.05, 0.1) is 7.11 Å². The molecule has 6 heteroatoms. The fourth-order valence-corrected chi connectivity index (χ4v) is 2.47. The Hall–Kier alpha value is -2.08. The first-order chi connectivity index (χ1) is 10.2. The predicted octanol–water partition coefficient (Wildman–Crippen LogP) is 2.76. The summed E-state index contributed by atoms with van der Waals surface area (Å²) in [7, 11) is 3.16. The number of methoxy groups -OCH3 is 1. The molecule has 0 aliphatic rings. The number of hydrogen-bond donors (Lipinski definition) is 2. The highest BCUT2D eigenvalue weighted by molar-refractivity contribution is 7.07. The Morgan fingerprint density at radius 1 is 1.24 bits per heavy atom. The van der Waals surface area contributed by atoms with Crippen LogP contribution in [0.4, 0.5) is 4.39 Å². The second kappa shape index (κ2) is 7.64. The van der Waals surface area contributed by atoms with E-state index in [1.165, 1.54) is 18.7 Å². The molecule has 0 spiro atoms. The van der Waals surface area contributed by atoms with Crippen LogP contribution in [0.2, 0.25) is 0 Å². The van der Waals surface area contributed by atoms with Gasteiger partial charge in [-0.3, -0.25) is 4.99 Å². The molecule has 0 saturated carbocycles. The summed E-state index contributed by atoms with van der Waals surface area (Å²) in [5.74, 6) is 0.564. The molecule has 1 aromatic carbocycles. The van der Waals surface area contributed by atoms with Gasteiger partial charge in [-0.05, 0) is 40.1 Å². The van der Waals surface area contributed by atoms with E-state index in [4.69, 9.17) is 4.74 Å². The first-order valence-electron chi connectivity index (χ1n) is 6.51. The monoisotopic (exact) mass is 307 g/mol. The maximum Gasteiger partial charge on any atom is 0.191 e. The SMILES string of the molecule is CN=C(NCc1ccsc1)NCc1ccc(OC)c(F)c1. The third kappa shape index (κ3) is 4.46. The van der Waals surface area contributed by atoms with Gasteiger partial charge in [-0.1, -0.05) is 6.07 Å². The average molecular weight is 307 g/mol. The van der Waals surface area contributed by atoms with Crippen LogP contribution < -0.4 is 15.4 Å². The topological polar surface area (TPSA) is 45.7 Å². The molecule has 112 valence electrons. The summed E-state index contributed by atoms with van der Waals surface area (Å²) in [5.41, 5.74) is 2.03. The lowest BCUT2D eigenvalue weighted by Gasteiger charge is -2.12. The van der Waals surface area contributed by atoms with Crippen LogP contribution >= 0.6 is 11.3 Å². The van der Waals surface area contributed by atoms with E-state index in [1.807, 2.05) is 11.4 Å². The second-order valence-electron chi connectivity index (χ2n) is 4.38. The summed E-state index contributed by atoms with van der Waals surface area (Å²) in [4.78, 5) is 4.14. The highest BCUT2D eigenvalue weighted by atomic mass is 32.1. The zero-order chi connectivity index (χ0) is 15.1. The molecule has 0 unspecified atom stereocenters. The Labute approximate surface area is 127 Å². The Kier molecular flexibility index (Phi) is 5.57. The first kappa shape index (κ1) is 15.3. The minimum atomic E-state index is -0.363. The van der Waals surface area contributed by atoms with Crippen LogP contribution in [-0.4, -0.2) is 20.1 Å². The lowest BCUT2D eigenvalue weighted by molar-refractivity contribution is 0.386. The Balaban J connectivity index is 1.86. The van der Waals surface area contributed by atoms with Crippen LogP contribution in [-0.2, 0) is 13.1 Å². The molecule has 0 fully saturated rings. The molecule has 21 heavy (non-hydrogen) atoms. The predicted molar refractivity (Wildman–Crippen MR) is 84.3 cm³/mol. The van der Waals surface area contributed by atoms with Crippen molar-refractivity contribution in [2.75, 3.05) is 14.2 Å². The lowest BCUT2D eigenvalue weighted by Crippen LogP contribution is -2.36. The summed E-state index contributed by atoms with van der Waals surface area (Å²) >= 11 is 1.66. The van der Waals surface area contributed by atoms with Gasteiger partial charge in [-0.2, -0.15) is 11.3 Å². The van der Waals surface area contributed by atoms with Crippen LogP contribution in [0, 0.1) is 5.82 Å². The van der Waals surface area contributed by atoms with E-state index in [9.17, 15) is 4.39 Å². The van der Waals surface area contributed by atoms with E-state index in [0.29, 0.717) is 19.0 Å². The number of ether oxygens (including phenoxy) is 1. The summed E-state index contributed by atoms with van der Waals surface area (Å²) < 4.78 is 18.5. The smallest absolute Gasteiger partial charge is 0.191 e. The quantitative estimate of drug-likeness (QED) is 0.659. The standard InChI is InChI=1S/C15H18FN3OS/c1-17-15(19-9-12-5-6-21-10-12)18-8-11-3-4-14(20-2)13(16)7-11/h3-7,10H,8-9H2,1-2H3,(H2,17,18,19). The fraction of sp³-hybridized carbons (Fsp3) is 0.267. The number of thiophene rings is 1. The fourth-order valence-electron chi connectivity index (χ4n) is 1.81. The maximum absolute atomic E-state index is 13.6. The summed E-state index contributed by atoms with van der Waals surface area (Å²) in [6.45, 7) is 1.20. The number of nitrogens with zero attached hydrogens (tertiary/aromatic N) is 1. The van der Waals surface area contributed by atoms with Crippen molar-refractivity contribution in [2.24, 2.45) is 4.99 Å². The molecular formula is C15H18FN3OS. The van der Waals surface area contributed by atoms with Gasteiger partial charge in [0.25, 0.3) is 0 Å². The summed E-state index contributed by atoms with van der Waals surface area (Å²) in [5, 5.41) is 10.5. The highest BCUT2D eigenvalue weighted by Crippen LogP contribution is 2.17. The van der Waals surface area contributed by atoms with Gasteiger partial charge in [-0.15, -0.1) is 0 Å². The van der Waals surface area contributed by atoms with Gasteiger partial charge < -0.3 is 15.4 Å². The van der Waals surface area contributed by atoms with Crippen molar-refractivity contribution >= 4 is 17.3 Å². The lowest BCUT2D eigenvalue weighted by atomic mass is 10.2. The van der Waals surface area contributed by atoms with Gasteiger partial charge in [0.15, 0.2) is 17.5 Å². The second-order valence-corrected chi connectivity index (χ2v) is 5.16. The van der Waals surface area contributed by atoms with Crippen LogP contribution in [0.1, 0.15) is 11.1 Å². The van der Waals surface area contributed by atoms with Crippen LogP contribution in [0.5, 0.6) is 5.75 Å². The Morgan fingerprint density at radius 3 is 2.57 bits per heavy atom. The molecule has 0 atom stereocenters. The van der Waals surface area contributed by atoms with Gasteiger partial charge in [-0.25, -0.2) is 4.39 Å². The average Bonchev–Trinajstić information content (AvgIpc) is 3.01. The molecule has 2 rings (SSSR count). The van der Waals surface area contributed by atoms with Crippen molar-refractivity contribution in [2.45, 2.75) is 13.1 Å². The molecule has 2 aromatic rings. The molecular weight excluding hydrogens is 289 g/mol. The van der Waals surface area contributed by atoms with E-state index in [1.54, 1.807) is 24.5 Å². The largest absolute Gasteiger partial charge is 0.494 e. The number of halogens is 1. The van der Waals surface area contributed by atoms with Gasteiger partial charge in [0.2, 0.25) is 0 Å². The Morgan fingerprint density at radius 2 is 2.00 bits per heavy atom. The van der Waals surface area contributed by atoms with E-state index in [-0.39, 0.29) is 11.6 Å². The minimum absolute atomic E-state index is 0.249. The third-order valence-electron chi connectivity index (χ3n) is 2.94. The van der Waals surface area contributed by atoms with E-state index < -0.39 is 0 Å². The number of benzene rings is 1. The molecule has 0 saturated heterocycles. The molecule has 0 radical (unpaired) electrons. The summed E-state index contributed by atoms with van der Waals surface area (Å²) in [6, 6.07) is 6.96. The summed E-state index contributed by atoms with van der Waals surface area (Å²) in [6.07, 6.45) is 0. The Bertz CT molecular complexity index is 599. The maximum atomic E-state index is 13.6. The van der Waals surface area contributed by atoms with Crippen molar-refractivity contribution < 1.29 is 9.13 Å². The van der Waals surface area contributed by atoms with Crippen molar-refractivity contribution in [3.63, 3.8) is 0 Å². The molecule has 1 aromatic heterocycles. The van der Waals surface area contributed by atoms with Crippen molar-refractivity contribution in [1.82, 2.24) is 10.6 Å². The van der Waals surface area contributed by atoms with Crippen LogP contribution in [0.25, 0.3) is 0 Å². The molecule has 0 amide bonds. The molecule has 4 nitrogen and oxygen atoms in total. The van der Waals surface area contributed by atoms with Crippen LogP contribution in [0.3, 0.4) is 0 Å². The van der Waals surface area contributed by atoms with E-state index in [2.05, 4.69) is 27.1 Å². The first-order valence-corrected chi connectivity index (χ1v) is 7.45. The van der Waals surface area contributed by atoms with Crippen molar-refractivity contribution in [3.8, 4) is 5.75 Å². The zero-order valence-corrected chi connectivity index (χ0v) is 12.8. The number of nitrogens with one attached hydrogen (secondary N) is 2. The highest BCUT2D eigenvalue weighted by Gasteiger charge is 2.04. The van der Waals surface area contributed by atoms with Crippen molar-refractivity contribution in [1.29, 1.82) is 0 Å². The molecule has 0 bridgehead atoms. The molecule has 0 aliphatic heterocycles. The van der Waals surface area contributed by atoms with Gasteiger partial charge in [0, 0.05) is 20.1 Å². The number of hydrogen-bond acceptors (Lipinski definition) is 3. The third-order valence-corrected chi connectivity index (χ3v) is 3.67. The zero-order valence-electron chi connectivity index (χ0n) is 12.0. The molecule has 1 heterocycles. The van der Waals surface area contributed by atoms with E-state index >= 15 is 0 Å². The van der Waals surface area contributed by atoms with Gasteiger partial charge in [0.1, 0.15) is 0 Å². The number of aliphatic imine (C=N–C) groups is 1. The number of guanidine groups is 1. The molecule has 0 aliphatic carbocycles. The van der Waals surface area contributed by atoms with Gasteiger partial charge >= 0.3 is 0 Å². The minimum Gasteiger partial charge on any atom is -0.494 e. The van der Waals surface area contributed by atoms with Crippen LogP contribution in [0.15, 0.2) is 40.0 Å².